The fraction of sp³-hybridized carbons (Fsp3) is 0.214. The monoisotopic (exact) mass is 290 g/mol. The fourth-order valence-corrected chi connectivity index (χ4v) is 1.81. The number of hydrogen-bond donors (Lipinski definition) is 2. The summed E-state index contributed by atoms with van der Waals surface area (Å²) in [7, 11) is 0. The van der Waals surface area contributed by atoms with Gasteiger partial charge in [-0.05, 0) is 38.0 Å². The second-order valence-electron chi connectivity index (χ2n) is 4.56. The quantitative estimate of drug-likeness (QED) is 0.392. The van der Waals surface area contributed by atoms with Crippen LogP contribution in [-0.4, -0.2) is 21.2 Å². The molecule has 0 saturated heterocycles. The Kier molecular flexibility index (Phi) is 4.02. The molecule has 21 heavy (non-hydrogen) atoms. The van der Waals surface area contributed by atoms with Crippen molar-refractivity contribution in [2.45, 2.75) is 20.8 Å². The largest absolute Gasteiger partial charge is 0.434 e. The minimum absolute atomic E-state index is 0.000423. The average Bonchev–Trinajstić information content (AvgIpc) is 2.47. The van der Waals surface area contributed by atoms with Crippen LogP contribution in [0, 0.1) is 26.6 Å². The SMILES string of the molecule is Cc1cccc(Oc2nnc(C)c(C)c2/C(N)=N/O)c1F. The Labute approximate surface area is 121 Å². The Hall–Kier alpha value is -2.70. The summed E-state index contributed by atoms with van der Waals surface area (Å²) in [5.41, 5.74) is 7.61. The Balaban J connectivity index is 2.55. The van der Waals surface area contributed by atoms with E-state index in [0.29, 0.717) is 16.8 Å². The normalized spacial score (nSPS) is 11.5. The Bertz CT molecular complexity index is 716. The molecule has 110 valence electrons. The highest BCUT2D eigenvalue weighted by atomic mass is 19.1. The maximum Gasteiger partial charge on any atom is 0.250 e. The molecule has 0 atom stereocenters. The summed E-state index contributed by atoms with van der Waals surface area (Å²) in [5, 5.41) is 19.6. The number of oxime groups is 1. The summed E-state index contributed by atoms with van der Waals surface area (Å²) in [4.78, 5) is 0. The van der Waals surface area contributed by atoms with E-state index >= 15 is 0 Å². The molecule has 7 heteroatoms. The van der Waals surface area contributed by atoms with Gasteiger partial charge in [-0.15, -0.1) is 5.10 Å². The lowest BCUT2D eigenvalue weighted by atomic mass is 10.1. The molecule has 0 fully saturated rings. The molecule has 6 nitrogen and oxygen atoms in total. The zero-order valence-electron chi connectivity index (χ0n) is 11.9. The van der Waals surface area contributed by atoms with Gasteiger partial charge in [-0.3, -0.25) is 0 Å². The summed E-state index contributed by atoms with van der Waals surface area (Å²) >= 11 is 0. The average molecular weight is 290 g/mol. The number of nitrogens with two attached hydrogens (primary N) is 1. The molecule has 2 rings (SSSR count). The minimum Gasteiger partial charge on any atom is -0.434 e. The standard InChI is InChI=1S/C14H15FN4O2/c1-7-5-4-6-10(12(7)15)21-14-11(13(16)19-20)8(2)9(3)17-18-14/h4-6,20H,1-3H3,(H2,16,19). The summed E-state index contributed by atoms with van der Waals surface area (Å²) in [6, 6.07) is 4.75. The second-order valence-corrected chi connectivity index (χ2v) is 4.56. The lowest BCUT2D eigenvalue weighted by molar-refractivity contribution is 0.318. The predicted octanol–water partition coefficient (Wildman–Crippen LogP) is 2.43. The maximum atomic E-state index is 14.0. The topological polar surface area (TPSA) is 93.6 Å². The van der Waals surface area contributed by atoms with Gasteiger partial charge in [0.05, 0.1) is 11.3 Å². The van der Waals surface area contributed by atoms with Crippen molar-refractivity contribution in [3.05, 3.63) is 46.4 Å². The molecule has 0 unspecified atom stereocenters. The molecule has 0 saturated carbocycles. The van der Waals surface area contributed by atoms with Crippen LogP contribution in [0.5, 0.6) is 11.6 Å². The van der Waals surface area contributed by atoms with Crippen LogP contribution in [0.15, 0.2) is 23.4 Å². The zero-order valence-corrected chi connectivity index (χ0v) is 11.9. The molecular weight excluding hydrogens is 275 g/mol. The first-order chi connectivity index (χ1) is 9.95. The highest BCUT2D eigenvalue weighted by molar-refractivity contribution is 6.00. The van der Waals surface area contributed by atoms with Gasteiger partial charge in [0.25, 0.3) is 0 Å². The summed E-state index contributed by atoms with van der Waals surface area (Å²) in [6.45, 7) is 5.09. The van der Waals surface area contributed by atoms with Gasteiger partial charge in [0, 0.05) is 0 Å². The third kappa shape index (κ3) is 2.76. The van der Waals surface area contributed by atoms with Crippen molar-refractivity contribution in [3.63, 3.8) is 0 Å². The molecule has 3 N–H and O–H groups in total. The van der Waals surface area contributed by atoms with E-state index in [1.807, 2.05) is 0 Å². The molecule has 1 aromatic carbocycles. The van der Waals surface area contributed by atoms with Gasteiger partial charge in [-0.25, -0.2) is 4.39 Å². The number of rotatable bonds is 3. The highest BCUT2D eigenvalue weighted by Crippen LogP contribution is 2.28. The number of aromatic nitrogens is 2. The lowest BCUT2D eigenvalue weighted by Crippen LogP contribution is -2.18. The second kappa shape index (κ2) is 5.74. The van der Waals surface area contributed by atoms with Crippen molar-refractivity contribution < 1.29 is 14.3 Å². The van der Waals surface area contributed by atoms with Gasteiger partial charge in [0.2, 0.25) is 5.88 Å². The van der Waals surface area contributed by atoms with Crippen molar-refractivity contribution in [2.75, 3.05) is 0 Å². The van der Waals surface area contributed by atoms with Crippen LogP contribution in [-0.2, 0) is 0 Å². The van der Waals surface area contributed by atoms with Crippen molar-refractivity contribution in [2.24, 2.45) is 10.9 Å². The first-order valence-corrected chi connectivity index (χ1v) is 6.20. The van der Waals surface area contributed by atoms with Gasteiger partial charge >= 0.3 is 0 Å². The van der Waals surface area contributed by atoms with E-state index in [0.717, 1.165) is 0 Å². The molecule has 0 spiro atoms. The molecule has 0 amide bonds. The first-order valence-electron chi connectivity index (χ1n) is 6.20. The molecule has 1 heterocycles. The van der Waals surface area contributed by atoms with Crippen molar-refractivity contribution in [1.82, 2.24) is 10.2 Å². The van der Waals surface area contributed by atoms with Gasteiger partial charge in [-0.2, -0.15) is 5.10 Å². The molecule has 0 bridgehead atoms. The molecule has 0 aliphatic carbocycles. The van der Waals surface area contributed by atoms with E-state index in [4.69, 9.17) is 15.7 Å². The molecular formula is C14H15FN4O2. The number of benzene rings is 1. The third-order valence-electron chi connectivity index (χ3n) is 3.15. The van der Waals surface area contributed by atoms with Crippen LogP contribution in [0.3, 0.4) is 0 Å². The number of hydrogen-bond acceptors (Lipinski definition) is 5. The molecule has 2 aromatic rings. The van der Waals surface area contributed by atoms with Crippen LogP contribution in [0.25, 0.3) is 0 Å². The Morgan fingerprint density at radius 1 is 1.29 bits per heavy atom. The Morgan fingerprint density at radius 2 is 2.00 bits per heavy atom. The number of ether oxygens (including phenoxy) is 1. The van der Waals surface area contributed by atoms with Gasteiger partial charge < -0.3 is 15.7 Å². The molecule has 0 radical (unpaired) electrons. The summed E-state index contributed by atoms with van der Waals surface area (Å²) in [6.07, 6.45) is 0. The van der Waals surface area contributed by atoms with E-state index < -0.39 is 5.82 Å². The van der Waals surface area contributed by atoms with Gasteiger partial charge in [-0.1, -0.05) is 17.3 Å². The van der Waals surface area contributed by atoms with Crippen molar-refractivity contribution in [1.29, 1.82) is 0 Å². The predicted molar refractivity (Wildman–Crippen MR) is 75.2 cm³/mol. The van der Waals surface area contributed by atoms with Gasteiger partial charge in [0.15, 0.2) is 17.4 Å². The van der Waals surface area contributed by atoms with E-state index in [-0.39, 0.29) is 23.0 Å². The van der Waals surface area contributed by atoms with Crippen molar-refractivity contribution >= 4 is 5.84 Å². The van der Waals surface area contributed by atoms with Gasteiger partial charge in [0.1, 0.15) is 0 Å². The van der Waals surface area contributed by atoms with Crippen LogP contribution >= 0.6 is 0 Å². The summed E-state index contributed by atoms with van der Waals surface area (Å²) < 4.78 is 19.5. The van der Waals surface area contributed by atoms with Crippen molar-refractivity contribution in [3.8, 4) is 11.6 Å². The Morgan fingerprint density at radius 3 is 2.67 bits per heavy atom. The molecule has 0 aliphatic heterocycles. The third-order valence-corrected chi connectivity index (χ3v) is 3.15. The number of amidine groups is 1. The maximum absolute atomic E-state index is 14.0. The van der Waals surface area contributed by atoms with Crippen LogP contribution in [0.2, 0.25) is 0 Å². The van der Waals surface area contributed by atoms with E-state index in [1.165, 1.54) is 6.07 Å². The van der Waals surface area contributed by atoms with Crippen LogP contribution in [0.4, 0.5) is 4.39 Å². The van der Waals surface area contributed by atoms with E-state index in [2.05, 4.69) is 15.4 Å². The number of nitrogens with zero attached hydrogens (tertiary/aromatic N) is 3. The van der Waals surface area contributed by atoms with Crippen LogP contribution in [0.1, 0.15) is 22.4 Å². The molecule has 1 aromatic heterocycles. The first kappa shape index (κ1) is 14.7. The lowest BCUT2D eigenvalue weighted by Gasteiger charge is -2.13. The van der Waals surface area contributed by atoms with Crippen LogP contribution < -0.4 is 10.5 Å². The highest BCUT2D eigenvalue weighted by Gasteiger charge is 2.18. The summed E-state index contributed by atoms with van der Waals surface area (Å²) in [5.74, 6) is -0.686. The number of halogens is 1. The number of aryl methyl sites for hydroxylation is 2. The fourth-order valence-electron chi connectivity index (χ4n) is 1.81. The molecule has 0 aliphatic rings. The van der Waals surface area contributed by atoms with E-state index in [9.17, 15) is 4.39 Å². The van der Waals surface area contributed by atoms with E-state index in [1.54, 1.807) is 32.9 Å². The smallest absolute Gasteiger partial charge is 0.250 e. The zero-order chi connectivity index (χ0) is 15.6. The minimum atomic E-state index is -0.497.